The molecule has 2 saturated heterocycles. The third kappa shape index (κ3) is 2.84. The van der Waals surface area contributed by atoms with Gasteiger partial charge in [-0.05, 0) is 12.1 Å². The predicted molar refractivity (Wildman–Crippen MR) is 87.3 cm³/mol. The molecule has 0 saturated carbocycles. The lowest BCUT2D eigenvalue weighted by Gasteiger charge is -2.14. The van der Waals surface area contributed by atoms with Crippen molar-refractivity contribution in [2.75, 3.05) is 26.8 Å². The largest absolute Gasteiger partial charge is 0.497 e. The normalized spacial score (nSPS) is 23.8. The summed E-state index contributed by atoms with van der Waals surface area (Å²) in [5, 5.41) is 0.998. The van der Waals surface area contributed by atoms with Crippen LogP contribution in [0.1, 0.15) is 4.88 Å². The van der Waals surface area contributed by atoms with Crippen LogP contribution in [-0.2, 0) is 16.1 Å². The minimum Gasteiger partial charge on any atom is -0.497 e. The Bertz CT molecular complexity index is 730. The number of hydrogen-bond acceptors (Lipinski definition) is 6. The van der Waals surface area contributed by atoms with Gasteiger partial charge in [-0.3, -0.25) is 9.69 Å². The molecule has 6 heteroatoms. The number of nitrogens with zero attached hydrogens (tertiary/aromatic N) is 2. The Morgan fingerprint density at radius 2 is 2.35 bits per heavy atom. The summed E-state index contributed by atoms with van der Waals surface area (Å²) >= 11 is 1.70. The Labute approximate surface area is 138 Å². The fourth-order valence-electron chi connectivity index (χ4n) is 3.31. The first-order valence-electron chi connectivity index (χ1n) is 7.71. The molecule has 4 rings (SSSR count). The van der Waals surface area contributed by atoms with E-state index in [0.29, 0.717) is 12.5 Å². The summed E-state index contributed by atoms with van der Waals surface area (Å²) in [6.07, 6.45) is 1.94. The third-order valence-corrected chi connectivity index (χ3v) is 5.54. The van der Waals surface area contributed by atoms with E-state index in [2.05, 4.69) is 9.88 Å². The maximum absolute atomic E-state index is 11.6. The highest BCUT2D eigenvalue weighted by Crippen LogP contribution is 2.33. The highest BCUT2D eigenvalue weighted by atomic mass is 32.1. The van der Waals surface area contributed by atoms with E-state index in [0.717, 1.165) is 36.0 Å². The van der Waals surface area contributed by atoms with Crippen molar-refractivity contribution in [3.05, 3.63) is 35.3 Å². The average molecular weight is 330 g/mol. The number of ether oxygens (including phenoxy) is 2. The molecule has 2 aliphatic heterocycles. The van der Waals surface area contributed by atoms with Gasteiger partial charge < -0.3 is 9.47 Å². The zero-order chi connectivity index (χ0) is 15.8. The fourth-order valence-corrected chi connectivity index (χ4v) is 4.26. The molecule has 0 unspecified atom stereocenters. The number of carbonyl (C=O) groups is 1. The summed E-state index contributed by atoms with van der Waals surface area (Å²) in [5.74, 6) is 1.25. The minimum atomic E-state index is -0.0288. The molecule has 0 aliphatic carbocycles. The second kappa shape index (κ2) is 5.94. The number of methoxy groups -OCH3 is 1. The number of likely N-dealkylation sites (tertiary alicyclic amines) is 1. The lowest BCUT2D eigenvalue weighted by Crippen LogP contribution is -2.23. The molecule has 23 heavy (non-hydrogen) atoms. The molecule has 5 nitrogen and oxygen atoms in total. The van der Waals surface area contributed by atoms with Crippen LogP contribution >= 0.6 is 11.3 Å². The van der Waals surface area contributed by atoms with E-state index in [1.54, 1.807) is 18.4 Å². The number of carbonyl (C=O) groups excluding carboxylic acids is 1. The Morgan fingerprint density at radius 3 is 3.17 bits per heavy atom. The van der Waals surface area contributed by atoms with E-state index >= 15 is 0 Å². The van der Waals surface area contributed by atoms with E-state index in [-0.39, 0.29) is 11.9 Å². The molecule has 0 bridgehead atoms. The van der Waals surface area contributed by atoms with Crippen molar-refractivity contribution in [2.24, 2.45) is 11.8 Å². The highest BCUT2D eigenvalue weighted by Gasteiger charge is 2.43. The lowest BCUT2D eigenvalue weighted by atomic mass is 10.0. The number of benzene rings is 1. The summed E-state index contributed by atoms with van der Waals surface area (Å²) in [7, 11) is 1.67. The molecule has 0 spiro atoms. The summed E-state index contributed by atoms with van der Waals surface area (Å²) in [4.78, 5) is 19.7. The number of cyclic esters (lactones) is 1. The zero-order valence-corrected chi connectivity index (χ0v) is 13.7. The first-order chi connectivity index (χ1) is 11.2. The van der Waals surface area contributed by atoms with Crippen LogP contribution in [0.15, 0.2) is 30.5 Å². The van der Waals surface area contributed by atoms with Gasteiger partial charge in [0.2, 0.25) is 0 Å². The molecule has 1 aromatic carbocycles. The van der Waals surface area contributed by atoms with Gasteiger partial charge in [0.25, 0.3) is 0 Å². The number of fused-ring (bicyclic) bond motifs is 1. The van der Waals surface area contributed by atoms with Crippen molar-refractivity contribution < 1.29 is 14.3 Å². The minimum absolute atomic E-state index is 0.0288. The first-order valence-corrected chi connectivity index (χ1v) is 8.52. The van der Waals surface area contributed by atoms with Crippen LogP contribution in [-0.4, -0.2) is 42.7 Å². The SMILES string of the molecule is COc1cccc(-c2ncc(CN3C[C@@H]4COC(=O)[C@@H]4C3)s2)c1. The molecule has 2 aromatic rings. The predicted octanol–water partition coefficient (Wildman–Crippen LogP) is 2.42. The molecular formula is C17H18N2O3S. The van der Waals surface area contributed by atoms with Gasteiger partial charge in [-0.25, -0.2) is 4.98 Å². The second-order valence-electron chi connectivity index (χ2n) is 6.05. The Morgan fingerprint density at radius 1 is 1.43 bits per heavy atom. The van der Waals surface area contributed by atoms with Gasteiger partial charge in [0.15, 0.2) is 0 Å². The fraction of sp³-hybridized carbons (Fsp3) is 0.412. The number of rotatable bonds is 4. The van der Waals surface area contributed by atoms with Gasteiger partial charge in [-0.15, -0.1) is 11.3 Å². The van der Waals surface area contributed by atoms with Crippen molar-refractivity contribution in [3.8, 4) is 16.3 Å². The summed E-state index contributed by atoms with van der Waals surface area (Å²) in [6, 6.07) is 7.95. The molecule has 120 valence electrons. The Hall–Kier alpha value is -1.92. The van der Waals surface area contributed by atoms with E-state index in [1.165, 1.54) is 4.88 Å². The van der Waals surface area contributed by atoms with E-state index < -0.39 is 0 Å². The van der Waals surface area contributed by atoms with Crippen LogP contribution < -0.4 is 4.74 Å². The topological polar surface area (TPSA) is 51.7 Å². The average Bonchev–Trinajstić information content (AvgIpc) is 3.27. The van der Waals surface area contributed by atoms with Crippen LogP contribution in [0.5, 0.6) is 5.75 Å². The van der Waals surface area contributed by atoms with E-state index in [9.17, 15) is 4.79 Å². The van der Waals surface area contributed by atoms with Gasteiger partial charge >= 0.3 is 5.97 Å². The lowest BCUT2D eigenvalue weighted by molar-refractivity contribution is -0.141. The summed E-state index contributed by atoms with van der Waals surface area (Å²) in [6.45, 7) is 3.17. The summed E-state index contributed by atoms with van der Waals surface area (Å²) < 4.78 is 10.4. The van der Waals surface area contributed by atoms with Crippen LogP contribution in [0, 0.1) is 11.8 Å². The molecule has 2 atom stereocenters. The first kappa shape index (κ1) is 14.7. The monoisotopic (exact) mass is 330 g/mol. The van der Waals surface area contributed by atoms with Crippen molar-refractivity contribution in [3.63, 3.8) is 0 Å². The van der Waals surface area contributed by atoms with Gasteiger partial charge in [0, 0.05) is 42.2 Å². The van der Waals surface area contributed by atoms with Gasteiger partial charge in [0.05, 0.1) is 19.6 Å². The quantitative estimate of drug-likeness (QED) is 0.806. The third-order valence-electron chi connectivity index (χ3n) is 4.51. The molecule has 2 fully saturated rings. The highest BCUT2D eigenvalue weighted by molar-refractivity contribution is 7.15. The number of hydrogen-bond donors (Lipinski definition) is 0. The van der Waals surface area contributed by atoms with Crippen LogP contribution in [0.2, 0.25) is 0 Å². The number of thiazole rings is 1. The van der Waals surface area contributed by atoms with E-state index in [4.69, 9.17) is 9.47 Å². The van der Waals surface area contributed by atoms with Gasteiger partial charge in [-0.1, -0.05) is 12.1 Å². The van der Waals surface area contributed by atoms with Crippen LogP contribution in [0.25, 0.3) is 10.6 Å². The Balaban J connectivity index is 1.45. The van der Waals surface area contributed by atoms with Gasteiger partial charge in [-0.2, -0.15) is 0 Å². The van der Waals surface area contributed by atoms with Crippen molar-refractivity contribution in [1.82, 2.24) is 9.88 Å². The van der Waals surface area contributed by atoms with Crippen LogP contribution in [0.3, 0.4) is 0 Å². The molecule has 1 aromatic heterocycles. The zero-order valence-electron chi connectivity index (χ0n) is 12.9. The summed E-state index contributed by atoms with van der Waals surface area (Å²) in [5.41, 5.74) is 1.07. The maximum Gasteiger partial charge on any atom is 0.310 e. The van der Waals surface area contributed by atoms with Crippen molar-refractivity contribution >= 4 is 17.3 Å². The van der Waals surface area contributed by atoms with Crippen molar-refractivity contribution in [1.29, 1.82) is 0 Å². The molecular weight excluding hydrogens is 312 g/mol. The molecule has 0 amide bonds. The Kier molecular flexibility index (Phi) is 3.79. The van der Waals surface area contributed by atoms with Gasteiger partial charge in [0.1, 0.15) is 10.8 Å². The molecule has 3 heterocycles. The second-order valence-corrected chi connectivity index (χ2v) is 7.17. The maximum atomic E-state index is 11.6. The standard InChI is InChI=1S/C17H18N2O3S/c1-21-13-4-2-3-11(5-13)16-18-6-14(23-16)8-19-7-12-10-22-17(20)15(12)9-19/h2-6,12,15H,7-10H2,1H3/t12-,15-/m1/s1. The smallest absolute Gasteiger partial charge is 0.310 e. The van der Waals surface area contributed by atoms with Crippen LogP contribution in [0.4, 0.5) is 0 Å². The molecule has 0 N–H and O–H groups in total. The van der Waals surface area contributed by atoms with E-state index in [1.807, 2.05) is 30.5 Å². The van der Waals surface area contributed by atoms with Crippen molar-refractivity contribution in [2.45, 2.75) is 6.54 Å². The number of aromatic nitrogens is 1. The molecule has 0 radical (unpaired) electrons. The molecule has 2 aliphatic rings. The number of esters is 1.